The Balaban J connectivity index is 2.28. The smallest absolute Gasteiger partial charge is 0.407 e. The molecule has 0 aromatic rings. The van der Waals surface area contributed by atoms with Crippen LogP contribution in [0, 0.1) is 5.92 Å². The number of carbonyl (C=O) groups is 1. The van der Waals surface area contributed by atoms with Gasteiger partial charge in [-0.25, -0.2) is 4.79 Å². The minimum absolute atomic E-state index is 0.0382. The minimum Gasteiger partial charge on any atom is -0.444 e. The van der Waals surface area contributed by atoms with Crippen LogP contribution in [0.5, 0.6) is 0 Å². The van der Waals surface area contributed by atoms with Gasteiger partial charge in [-0.05, 0) is 25.7 Å². The topological polar surface area (TPSA) is 38.3 Å². The van der Waals surface area contributed by atoms with Crippen molar-refractivity contribution in [2.45, 2.75) is 45.8 Å². The molecule has 1 saturated heterocycles. The zero-order valence-electron chi connectivity index (χ0n) is 7.96. The van der Waals surface area contributed by atoms with Crippen LogP contribution in [0.2, 0.25) is 0 Å². The Hall–Kier alpha value is -0.730. The number of cyclic esters (lactones) is 1. The molecule has 0 spiro atoms. The van der Waals surface area contributed by atoms with Gasteiger partial charge in [-0.1, -0.05) is 13.8 Å². The van der Waals surface area contributed by atoms with E-state index in [-0.39, 0.29) is 18.2 Å². The molecule has 3 nitrogen and oxygen atoms in total. The summed E-state index contributed by atoms with van der Waals surface area (Å²) in [6, 6.07) is 0.222. The number of alkyl carbamates (subject to hydrolysis) is 1. The van der Waals surface area contributed by atoms with Crippen molar-refractivity contribution in [3.63, 3.8) is 0 Å². The van der Waals surface area contributed by atoms with Gasteiger partial charge in [0.2, 0.25) is 0 Å². The van der Waals surface area contributed by atoms with Crippen molar-refractivity contribution in [1.82, 2.24) is 5.32 Å². The van der Waals surface area contributed by atoms with Crippen molar-refractivity contribution in [1.29, 1.82) is 0 Å². The lowest BCUT2D eigenvalue weighted by molar-refractivity contribution is 0.139. The molecule has 2 atom stereocenters. The molecule has 1 rings (SSSR count). The first-order valence-electron chi connectivity index (χ1n) is 4.56. The van der Waals surface area contributed by atoms with Gasteiger partial charge < -0.3 is 10.1 Å². The van der Waals surface area contributed by atoms with Crippen molar-refractivity contribution in [3.8, 4) is 0 Å². The SMILES string of the molecule is CC(C)CC[C@H]1NC(=O)O[C@@H]1C. The standard InChI is InChI=1S/C9H17NO2/c1-6(2)4-5-8-7(3)12-9(11)10-8/h6-8H,4-5H2,1-3H3,(H,10,11)/t7-,8-/m1/s1. The van der Waals surface area contributed by atoms with Gasteiger partial charge in [0, 0.05) is 0 Å². The second kappa shape index (κ2) is 3.78. The van der Waals surface area contributed by atoms with E-state index in [9.17, 15) is 4.79 Å². The second-order valence-corrected chi connectivity index (χ2v) is 3.83. The summed E-state index contributed by atoms with van der Waals surface area (Å²) in [4.78, 5) is 10.8. The fourth-order valence-electron chi connectivity index (χ4n) is 1.37. The summed E-state index contributed by atoms with van der Waals surface area (Å²) in [5, 5.41) is 2.80. The third kappa shape index (κ3) is 2.40. The van der Waals surface area contributed by atoms with Crippen LogP contribution in [-0.4, -0.2) is 18.2 Å². The highest BCUT2D eigenvalue weighted by atomic mass is 16.6. The van der Waals surface area contributed by atoms with Gasteiger partial charge in [0.05, 0.1) is 6.04 Å². The fourth-order valence-corrected chi connectivity index (χ4v) is 1.37. The molecular formula is C9H17NO2. The van der Waals surface area contributed by atoms with Crippen LogP contribution in [-0.2, 0) is 4.74 Å². The highest BCUT2D eigenvalue weighted by Crippen LogP contribution is 2.15. The first-order valence-corrected chi connectivity index (χ1v) is 4.56. The average molecular weight is 171 g/mol. The van der Waals surface area contributed by atoms with Gasteiger partial charge in [0.15, 0.2) is 0 Å². The largest absolute Gasteiger partial charge is 0.444 e. The summed E-state index contributed by atoms with van der Waals surface area (Å²) in [6.45, 7) is 6.30. The first kappa shape index (κ1) is 9.36. The quantitative estimate of drug-likeness (QED) is 0.704. The molecule has 0 bridgehead atoms. The third-order valence-electron chi connectivity index (χ3n) is 2.22. The minimum atomic E-state index is -0.267. The maximum Gasteiger partial charge on any atom is 0.407 e. The molecule has 1 aliphatic heterocycles. The predicted octanol–water partition coefficient (Wildman–Crippen LogP) is 1.92. The van der Waals surface area contributed by atoms with Crippen molar-refractivity contribution >= 4 is 6.09 Å². The molecule has 0 unspecified atom stereocenters. The van der Waals surface area contributed by atoms with Crippen LogP contribution < -0.4 is 5.32 Å². The number of amides is 1. The Kier molecular flexibility index (Phi) is 2.95. The summed E-state index contributed by atoms with van der Waals surface area (Å²) in [6.07, 6.45) is 1.93. The lowest BCUT2D eigenvalue weighted by Gasteiger charge is -2.13. The Bertz CT molecular complexity index is 168. The van der Waals surface area contributed by atoms with Crippen LogP contribution in [0.4, 0.5) is 4.79 Å². The van der Waals surface area contributed by atoms with E-state index in [0.717, 1.165) is 12.8 Å². The number of rotatable bonds is 3. The zero-order chi connectivity index (χ0) is 9.14. The van der Waals surface area contributed by atoms with E-state index in [2.05, 4.69) is 19.2 Å². The van der Waals surface area contributed by atoms with E-state index in [1.165, 1.54) is 0 Å². The monoisotopic (exact) mass is 171 g/mol. The molecule has 1 N–H and O–H groups in total. The van der Waals surface area contributed by atoms with Gasteiger partial charge in [-0.3, -0.25) is 0 Å². The molecule has 12 heavy (non-hydrogen) atoms. The number of nitrogens with one attached hydrogen (secondary N) is 1. The van der Waals surface area contributed by atoms with Gasteiger partial charge >= 0.3 is 6.09 Å². The molecule has 0 radical (unpaired) electrons. The van der Waals surface area contributed by atoms with Crippen LogP contribution >= 0.6 is 0 Å². The Morgan fingerprint density at radius 2 is 2.25 bits per heavy atom. The second-order valence-electron chi connectivity index (χ2n) is 3.83. The average Bonchev–Trinajstić information content (AvgIpc) is 2.26. The predicted molar refractivity (Wildman–Crippen MR) is 46.9 cm³/mol. The number of hydrogen-bond acceptors (Lipinski definition) is 2. The summed E-state index contributed by atoms with van der Waals surface area (Å²) >= 11 is 0. The summed E-state index contributed by atoms with van der Waals surface area (Å²) in [7, 11) is 0. The molecule has 70 valence electrons. The fraction of sp³-hybridized carbons (Fsp3) is 0.889. The maximum absolute atomic E-state index is 10.8. The van der Waals surface area contributed by atoms with Crippen LogP contribution in [0.1, 0.15) is 33.6 Å². The number of hydrogen-bond donors (Lipinski definition) is 1. The summed E-state index contributed by atoms with van der Waals surface area (Å²) in [5.41, 5.74) is 0. The molecular weight excluding hydrogens is 154 g/mol. The Morgan fingerprint density at radius 1 is 1.58 bits per heavy atom. The van der Waals surface area contributed by atoms with E-state index < -0.39 is 0 Å². The van der Waals surface area contributed by atoms with E-state index in [0.29, 0.717) is 5.92 Å². The lowest BCUT2D eigenvalue weighted by Crippen LogP contribution is -2.30. The highest BCUT2D eigenvalue weighted by molar-refractivity contribution is 5.70. The van der Waals surface area contributed by atoms with E-state index in [1.807, 2.05) is 6.92 Å². The van der Waals surface area contributed by atoms with Gasteiger partial charge in [-0.15, -0.1) is 0 Å². The Morgan fingerprint density at radius 3 is 2.67 bits per heavy atom. The van der Waals surface area contributed by atoms with Crippen molar-refractivity contribution < 1.29 is 9.53 Å². The molecule has 0 aliphatic carbocycles. The van der Waals surface area contributed by atoms with Crippen LogP contribution in [0.3, 0.4) is 0 Å². The van der Waals surface area contributed by atoms with Gasteiger partial charge in [0.1, 0.15) is 6.10 Å². The molecule has 1 amide bonds. The molecule has 0 aromatic carbocycles. The van der Waals surface area contributed by atoms with E-state index in [1.54, 1.807) is 0 Å². The van der Waals surface area contributed by atoms with Crippen LogP contribution in [0.25, 0.3) is 0 Å². The normalized spacial score (nSPS) is 28.8. The molecule has 0 aromatic heterocycles. The van der Waals surface area contributed by atoms with E-state index in [4.69, 9.17) is 4.74 Å². The molecule has 0 saturated carbocycles. The van der Waals surface area contributed by atoms with Crippen molar-refractivity contribution in [3.05, 3.63) is 0 Å². The molecule has 3 heteroatoms. The van der Waals surface area contributed by atoms with Crippen molar-refractivity contribution in [2.75, 3.05) is 0 Å². The van der Waals surface area contributed by atoms with Crippen LogP contribution in [0.15, 0.2) is 0 Å². The van der Waals surface area contributed by atoms with Gasteiger partial charge in [0.25, 0.3) is 0 Å². The zero-order valence-corrected chi connectivity index (χ0v) is 7.96. The molecule has 1 fully saturated rings. The maximum atomic E-state index is 10.8. The first-order chi connectivity index (χ1) is 5.59. The lowest BCUT2D eigenvalue weighted by atomic mass is 10.0. The van der Waals surface area contributed by atoms with E-state index >= 15 is 0 Å². The van der Waals surface area contributed by atoms with Crippen molar-refractivity contribution in [2.24, 2.45) is 5.92 Å². The van der Waals surface area contributed by atoms with Gasteiger partial charge in [-0.2, -0.15) is 0 Å². The number of ether oxygens (including phenoxy) is 1. The molecule has 1 aliphatic rings. The molecule has 1 heterocycles. The highest BCUT2D eigenvalue weighted by Gasteiger charge is 2.29. The summed E-state index contributed by atoms with van der Waals surface area (Å²) < 4.78 is 4.96. The summed E-state index contributed by atoms with van der Waals surface area (Å²) in [5.74, 6) is 0.690. The third-order valence-corrected chi connectivity index (χ3v) is 2.22. The Labute approximate surface area is 73.5 Å². The number of carbonyl (C=O) groups excluding carboxylic acids is 1.